The molecule has 0 aromatic heterocycles. The molecule has 3 unspecified atom stereocenters. The van der Waals surface area contributed by atoms with Gasteiger partial charge in [-0.05, 0) is 25.7 Å². The van der Waals surface area contributed by atoms with Crippen LogP contribution in [0.15, 0.2) is 12.2 Å². The Morgan fingerprint density at radius 2 is 2.23 bits per heavy atom. The molecule has 3 atom stereocenters. The van der Waals surface area contributed by atoms with Crippen LogP contribution in [-0.4, -0.2) is 23.1 Å². The summed E-state index contributed by atoms with van der Waals surface area (Å²) in [6, 6.07) is 1.45. The third-order valence-corrected chi connectivity index (χ3v) is 4.37. The average molecular weight is 197 g/mol. The van der Waals surface area contributed by atoms with Crippen molar-refractivity contribution in [3.05, 3.63) is 12.2 Å². The first kappa shape index (κ1) is 9.60. The van der Waals surface area contributed by atoms with E-state index in [-0.39, 0.29) is 0 Å². The van der Waals surface area contributed by atoms with Gasteiger partial charge >= 0.3 is 0 Å². The highest BCUT2D eigenvalue weighted by atomic mass is 32.2. The molecule has 1 N–H and O–H groups in total. The van der Waals surface area contributed by atoms with Gasteiger partial charge in [0.25, 0.3) is 0 Å². The van der Waals surface area contributed by atoms with Crippen LogP contribution in [0.25, 0.3) is 0 Å². The molecule has 2 aliphatic rings. The quantitative estimate of drug-likeness (QED) is 0.683. The molecule has 1 aliphatic heterocycles. The van der Waals surface area contributed by atoms with Gasteiger partial charge in [-0.2, -0.15) is 11.8 Å². The van der Waals surface area contributed by atoms with E-state index in [1.165, 1.54) is 31.4 Å². The van der Waals surface area contributed by atoms with Gasteiger partial charge in [-0.1, -0.05) is 19.1 Å². The van der Waals surface area contributed by atoms with E-state index < -0.39 is 0 Å². The van der Waals surface area contributed by atoms with Crippen molar-refractivity contribution in [2.45, 2.75) is 49.9 Å². The van der Waals surface area contributed by atoms with E-state index in [1.807, 2.05) is 0 Å². The van der Waals surface area contributed by atoms with Gasteiger partial charge < -0.3 is 5.32 Å². The van der Waals surface area contributed by atoms with E-state index in [0.29, 0.717) is 6.04 Å². The van der Waals surface area contributed by atoms with Crippen LogP contribution in [-0.2, 0) is 0 Å². The second kappa shape index (κ2) is 4.52. The average Bonchev–Trinajstić information content (AvgIpc) is 2.62. The molecule has 0 spiro atoms. The van der Waals surface area contributed by atoms with Crippen LogP contribution in [0.2, 0.25) is 0 Å². The van der Waals surface area contributed by atoms with E-state index in [1.54, 1.807) is 0 Å². The highest BCUT2D eigenvalue weighted by Crippen LogP contribution is 2.25. The van der Waals surface area contributed by atoms with Crippen LogP contribution in [0, 0.1) is 0 Å². The summed E-state index contributed by atoms with van der Waals surface area (Å²) >= 11 is 2.12. The molecular weight excluding hydrogens is 178 g/mol. The molecule has 2 rings (SSSR count). The Labute approximate surface area is 85.4 Å². The van der Waals surface area contributed by atoms with E-state index >= 15 is 0 Å². The molecule has 13 heavy (non-hydrogen) atoms. The molecule has 0 saturated carbocycles. The van der Waals surface area contributed by atoms with Crippen LogP contribution < -0.4 is 5.32 Å². The monoisotopic (exact) mass is 197 g/mol. The third kappa shape index (κ3) is 2.75. The molecule has 0 aromatic carbocycles. The molecule has 0 radical (unpaired) electrons. The fourth-order valence-electron chi connectivity index (χ4n) is 2.09. The molecule has 1 saturated heterocycles. The third-order valence-electron chi connectivity index (χ3n) is 2.97. The molecule has 0 bridgehead atoms. The molecular formula is C11H19NS. The van der Waals surface area contributed by atoms with Crippen LogP contribution in [0.3, 0.4) is 0 Å². The number of nitrogens with one attached hydrogen (secondary N) is 1. The second-order valence-electron chi connectivity index (χ2n) is 4.20. The summed E-state index contributed by atoms with van der Waals surface area (Å²) in [5.74, 6) is 1.31. The first-order valence-electron chi connectivity index (χ1n) is 5.39. The maximum Gasteiger partial charge on any atom is 0.0255 e. The van der Waals surface area contributed by atoms with Crippen molar-refractivity contribution in [1.82, 2.24) is 5.32 Å². The SMILES string of the molecule is CC1CCC(NC2C=CCC2)CS1. The van der Waals surface area contributed by atoms with E-state index in [9.17, 15) is 0 Å². The minimum Gasteiger partial charge on any atom is -0.307 e. The minimum absolute atomic E-state index is 0.680. The van der Waals surface area contributed by atoms with E-state index in [4.69, 9.17) is 0 Å². The predicted octanol–water partition coefficient (Wildman–Crippen LogP) is 2.58. The van der Waals surface area contributed by atoms with Crippen molar-refractivity contribution >= 4 is 11.8 Å². The zero-order chi connectivity index (χ0) is 9.10. The van der Waals surface area contributed by atoms with Gasteiger partial charge in [0.15, 0.2) is 0 Å². The highest BCUT2D eigenvalue weighted by Gasteiger charge is 2.20. The van der Waals surface area contributed by atoms with Crippen LogP contribution in [0.4, 0.5) is 0 Å². The van der Waals surface area contributed by atoms with Crippen LogP contribution in [0.1, 0.15) is 32.6 Å². The summed E-state index contributed by atoms with van der Waals surface area (Å²) in [5.41, 5.74) is 0. The lowest BCUT2D eigenvalue weighted by molar-refractivity contribution is 0.451. The fourth-order valence-corrected chi connectivity index (χ4v) is 3.22. The van der Waals surface area contributed by atoms with Crippen LogP contribution in [0.5, 0.6) is 0 Å². The Bertz CT molecular complexity index is 183. The van der Waals surface area contributed by atoms with Gasteiger partial charge in [-0.25, -0.2) is 0 Å². The minimum atomic E-state index is 0.680. The standard InChI is InChI=1S/C11H19NS/c1-9-6-7-11(8-13-9)12-10-4-2-3-5-10/h2,4,9-12H,3,5-8H2,1H3. The maximum absolute atomic E-state index is 3.73. The summed E-state index contributed by atoms with van der Waals surface area (Å²) in [5, 5.41) is 4.62. The Hall–Kier alpha value is 0.0500. The molecule has 1 fully saturated rings. The summed E-state index contributed by atoms with van der Waals surface area (Å²) in [4.78, 5) is 0. The van der Waals surface area contributed by atoms with Crippen molar-refractivity contribution in [2.75, 3.05) is 5.75 Å². The van der Waals surface area contributed by atoms with Gasteiger partial charge in [0, 0.05) is 23.1 Å². The number of thioether (sulfide) groups is 1. The topological polar surface area (TPSA) is 12.0 Å². The molecule has 1 aliphatic carbocycles. The van der Waals surface area contributed by atoms with Gasteiger partial charge in [-0.3, -0.25) is 0 Å². The lowest BCUT2D eigenvalue weighted by Crippen LogP contribution is -2.40. The largest absolute Gasteiger partial charge is 0.307 e. The second-order valence-corrected chi connectivity index (χ2v) is 5.67. The van der Waals surface area contributed by atoms with E-state index in [2.05, 4.69) is 36.2 Å². The number of hydrogen-bond acceptors (Lipinski definition) is 2. The fraction of sp³-hybridized carbons (Fsp3) is 0.818. The smallest absolute Gasteiger partial charge is 0.0255 e. The summed E-state index contributed by atoms with van der Waals surface area (Å²) < 4.78 is 0. The Morgan fingerprint density at radius 3 is 2.85 bits per heavy atom. The summed E-state index contributed by atoms with van der Waals surface area (Å²) in [7, 11) is 0. The molecule has 74 valence electrons. The number of hydrogen-bond donors (Lipinski definition) is 1. The predicted molar refractivity (Wildman–Crippen MR) is 60.2 cm³/mol. The zero-order valence-corrected chi connectivity index (χ0v) is 9.15. The zero-order valence-electron chi connectivity index (χ0n) is 8.33. The lowest BCUT2D eigenvalue weighted by Gasteiger charge is -2.28. The Morgan fingerprint density at radius 1 is 1.31 bits per heavy atom. The van der Waals surface area contributed by atoms with Crippen molar-refractivity contribution in [3.8, 4) is 0 Å². The summed E-state index contributed by atoms with van der Waals surface area (Å²) in [6.45, 7) is 2.34. The first-order valence-corrected chi connectivity index (χ1v) is 6.44. The van der Waals surface area contributed by atoms with Crippen molar-refractivity contribution in [3.63, 3.8) is 0 Å². The van der Waals surface area contributed by atoms with Gasteiger partial charge in [0.2, 0.25) is 0 Å². The van der Waals surface area contributed by atoms with Gasteiger partial charge in [0.1, 0.15) is 0 Å². The van der Waals surface area contributed by atoms with Crippen LogP contribution >= 0.6 is 11.8 Å². The summed E-state index contributed by atoms with van der Waals surface area (Å²) in [6.07, 6.45) is 9.99. The lowest BCUT2D eigenvalue weighted by atomic mass is 10.1. The number of allylic oxidation sites excluding steroid dienone is 1. The molecule has 1 nitrogen and oxygen atoms in total. The Balaban J connectivity index is 1.72. The number of rotatable bonds is 2. The normalized spacial score (nSPS) is 39.6. The maximum atomic E-state index is 3.73. The van der Waals surface area contributed by atoms with E-state index in [0.717, 1.165) is 11.3 Å². The molecule has 1 heterocycles. The first-order chi connectivity index (χ1) is 6.34. The Kier molecular flexibility index (Phi) is 3.33. The molecule has 2 heteroatoms. The van der Waals surface area contributed by atoms with Gasteiger partial charge in [0.05, 0.1) is 0 Å². The van der Waals surface area contributed by atoms with Crippen molar-refractivity contribution in [1.29, 1.82) is 0 Å². The highest BCUT2D eigenvalue weighted by molar-refractivity contribution is 7.99. The van der Waals surface area contributed by atoms with Gasteiger partial charge in [-0.15, -0.1) is 0 Å². The molecule has 0 amide bonds. The molecule has 0 aromatic rings. The van der Waals surface area contributed by atoms with Crippen molar-refractivity contribution in [2.24, 2.45) is 0 Å². The van der Waals surface area contributed by atoms with Crippen molar-refractivity contribution < 1.29 is 0 Å².